The number of hydrogen-bond donors (Lipinski definition) is 1. The molecule has 0 spiro atoms. The van der Waals surface area contributed by atoms with E-state index in [1.807, 2.05) is 25.1 Å². The number of hydrogen-bond acceptors (Lipinski definition) is 2. The van der Waals surface area contributed by atoms with Crippen molar-refractivity contribution < 1.29 is 4.74 Å². The predicted octanol–water partition coefficient (Wildman–Crippen LogP) is 5.62. The lowest BCUT2D eigenvalue weighted by Gasteiger charge is -2.13. The summed E-state index contributed by atoms with van der Waals surface area (Å²) in [6, 6.07) is 9.99. The molecule has 0 amide bonds. The van der Waals surface area contributed by atoms with Gasteiger partial charge in [0.1, 0.15) is 0 Å². The second kappa shape index (κ2) is 7.06. The number of aryl methyl sites for hydroxylation is 1. The van der Waals surface area contributed by atoms with Crippen molar-refractivity contribution in [1.82, 2.24) is 0 Å². The molecule has 0 fully saturated rings. The first-order chi connectivity index (χ1) is 10.0. The molecule has 0 aromatic heterocycles. The molecule has 0 radical (unpaired) electrons. The minimum Gasteiger partial charge on any atom is -0.491 e. The minimum atomic E-state index is 0.541. The number of nitrogens with one attached hydrogen (secondary N) is 1. The molecular formula is C17H19Cl2NO. The van der Waals surface area contributed by atoms with Crippen LogP contribution in [0.1, 0.15) is 23.6 Å². The van der Waals surface area contributed by atoms with Gasteiger partial charge >= 0.3 is 0 Å². The topological polar surface area (TPSA) is 21.3 Å². The van der Waals surface area contributed by atoms with Crippen LogP contribution in [-0.4, -0.2) is 6.61 Å². The zero-order chi connectivity index (χ0) is 15.4. The Labute approximate surface area is 136 Å². The van der Waals surface area contributed by atoms with Crippen LogP contribution in [0.3, 0.4) is 0 Å². The van der Waals surface area contributed by atoms with E-state index in [1.165, 1.54) is 11.1 Å². The van der Waals surface area contributed by atoms with Crippen molar-refractivity contribution in [3.8, 4) is 5.75 Å². The molecule has 0 bridgehead atoms. The van der Waals surface area contributed by atoms with Gasteiger partial charge < -0.3 is 10.1 Å². The summed E-state index contributed by atoms with van der Waals surface area (Å²) in [5.74, 6) is 0.552. The molecule has 0 aliphatic heterocycles. The normalized spacial score (nSPS) is 10.5. The summed E-state index contributed by atoms with van der Waals surface area (Å²) in [5, 5.41) is 4.51. The molecule has 0 aliphatic rings. The van der Waals surface area contributed by atoms with Gasteiger partial charge in [-0.05, 0) is 55.7 Å². The number of benzene rings is 2. The maximum absolute atomic E-state index is 6.21. The average molecular weight is 324 g/mol. The first-order valence-electron chi connectivity index (χ1n) is 6.93. The van der Waals surface area contributed by atoms with Gasteiger partial charge in [-0.1, -0.05) is 35.3 Å². The zero-order valence-corrected chi connectivity index (χ0v) is 14.0. The molecule has 0 aliphatic carbocycles. The van der Waals surface area contributed by atoms with Gasteiger partial charge in [0.05, 0.1) is 16.7 Å². The summed E-state index contributed by atoms with van der Waals surface area (Å²) in [5.41, 5.74) is 4.66. The van der Waals surface area contributed by atoms with Crippen LogP contribution in [0.25, 0.3) is 0 Å². The summed E-state index contributed by atoms with van der Waals surface area (Å²) in [6.45, 7) is 7.32. The van der Waals surface area contributed by atoms with Crippen molar-refractivity contribution in [3.63, 3.8) is 0 Å². The fraction of sp³-hybridized carbons (Fsp3) is 0.294. The van der Waals surface area contributed by atoms with Gasteiger partial charge in [-0.2, -0.15) is 0 Å². The predicted molar refractivity (Wildman–Crippen MR) is 90.9 cm³/mol. The molecule has 0 atom stereocenters. The van der Waals surface area contributed by atoms with Crippen LogP contribution >= 0.6 is 23.2 Å². The van der Waals surface area contributed by atoms with Gasteiger partial charge in [-0.3, -0.25) is 0 Å². The van der Waals surface area contributed by atoms with Crippen LogP contribution in [0.5, 0.6) is 5.75 Å². The average Bonchev–Trinajstić information content (AvgIpc) is 2.44. The van der Waals surface area contributed by atoms with E-state index in [2.05, 4.69) is 31.3 Å². The third kappa shape index (κ3) is 3.84. The maximum atomic E-state index is 6.21. The fourth-order valence-corrected chi connectivity index (χ4v) is 2.78. The van der Waals surface area contributed by atoms with Crippen LogP contribution in [0.4, 0.5) is 5.69 Å². The van der Waals surface area contributed by atoms with Crippen molar-refractivity contribution in [3.05, 3.63) is 57.1 Å². The third-order valence-electron chi connectivity index (χ3n) is 3.43. The monoisotopic (exact) mass is 323 g/mol. The molecule has 2 nitrogen and oxygen atoms in total. The van der Waals surface area contributed by atoms with Gasteiger partial charge in [-0.15, -0.1) is 0 Å². The van der Waals surface area contributed by atoms with E-state index in [9.17, 15) is 0 Å². The quantitative estimate of drug-likeness (QED) is 0.770. The Hall–Kier alpha value is -1.38. The second-order valence-corrected chi connectivity index (χ2v) is 5.74. The Morgan fingerprint density at radius 2 is 1.76 bits per heavy atom. The molecule has 0 saturated heterocycles. The number of halogens is 2. The van der Waals surface area contributed by atoms with Crippen molar-refractivity contribution in [2.45, 2.75) is 27.3 Å². The van der Waals surface area contributed by atoms with Gasteiger partial charge in [-0.25, -0.2) is 0 Å². The first kappa shape index (κ1) is 16.0. The summed E-state index contributed by atoms with van der Waals surface area (Å²) in [6.07, 6.45) is 0. The van der Waals surface area contributed by atoms with Crippen molar-refractivity contribution in [2.75, 3.05) is 11.9 Å². The summed E-state index contributed by atoms with van der Waals surface area (Å²) < 4.78 is 5.44. The van der Waals surface area contributed by atoms with Crippen LogP contribution in [-0.2, 0) is 6.54 Å². The summed E-state index contributed by atoms with van der Waals surface area (Å²) >= 11 is 12.4. The van der Waals surface area contributed by atoms with E-state index < -0.39 is 0 Å². The Kier molecular flexibility index (Phi) is 5.38. The van der Waals surface area contributed by atoms with Crippen LogP contribution in [0.2, 0.25) is 10.0 Å². The lowest BCUT2D eigenvalue weighted by atomic mass is 10.1. The van der Waals surface area contributed by atoms with Gasteiger partial charge in [0.2, 0.25) is 0 Å². The molecular weight excluding hydrogens is 305 g/mol. The SMILES string of the molecule is CCOc1c(Cl)cc(CNc2cccc(C)c2C)cc1Cl. The van der Waals surface area contributed by atoms with E-state index in [0.29, 0.717) is 28.9 Å². The molecule has 0 heterocycles. The smallest absolute Gasteiger partial charge is 0.156 e. The lowest BCUT2D eigenvalue weighted by Crippen LogP contribution is -2.02. The number of rotatable bonds is 5. The van der Waals surface area contributed by atoms with Gasteiger partial charge in [0, 0.05) is 12.2 Å². The summed E-state index contributed by atoms with van der Waals surface area (Å²) in [7, 11) is 0. The Balaban J connectivity index is 2.15. The first-order valence-corrected chi connectivity index (χ1v) is 7.69. The van der Waals surface area contributed by atoms with E-state index in [0.717, 1.165) is 11.3 Å². The summed E-state index contributed by atoms with van der Waals surface area (Å²) in [4.78, 5) is 0. The zero-order valence-electron chi connectivity index (χ0n) is 12.5. The van der Waals surface area contributed by atoms with Gasteiger partial charge in [0.15, 0.2) is 5.75 Å². The minimum absolute atomic E-state index is 0.541. The fourth-order valence-electron chi connectivity index (χ4n) is 2.14. The molecule has 2 rings (SSSR count). The molecule has 112 valence electrons. The molecule has 1 N–H and O–H groups in total. The second-order valence-electron chi connectivity index (χ2n) is 4.92. The van der Waals surface area contributed by atoms with E-state index >= 15 is 0 Å². The van der Waals surface area contributed by atoms with E-state index in [-0.39, 0.29) is 0 Å². The maximum Gasteiger partial charge on any atom is 0.156 e. The molecule has 0 unspecified atom stereocenters. The highest BCUT2D eigenvalue weighted by Gasteiger charge is 2.09. The number of ether oxygens (including phenoxy) is 1. The van der Waals surface area contributed by atoms with Crippen molar-refractivity contribution in [2.24, 2.45) is 0 Å². The van der Waals surface area contributed by atoms with Crippen LogP contribution in [0, 0.1) is 13.8 Å². The Morgan fingerprint density at radius 3 is 2.38 bits per heavy atom. The van der Waals surface area contributed by atoms with E-state index in [4.69, 9.17) is 27.9 Å². The van der Waals surface area contributed by atoms with Crippen LogP contribution in [0.15, 0.2) is 30.3 Å². The third-order valence-corrected chi connectivity index (χ3v) is 4.00. The van der Waals surface area contributed by atoms with Crippen molar-refractivity contribution >= 4 is 28.9 Å². The highest BCUT2D eigenvalue weighted by Crippen LogP contribution is 2.34. The lowest BCUT2D eigenvalue weighted by molar-refractivity contribution is 0.340. The van der Waals surface area contributed by atoms with Crippen molar-refractivity contribution in [1.29, 1.82) is 0 Å². The molecule has 0 saturated carbocycles. The number of anilines is 1. The van der Waals surface area contributed by atoms with Crippen LogP contribution < -0.4 is 10.1 Å². The largest absolute Gasteiger partial charge is 0.491 e. The highest BCUT2D eigenvalue weighted by molar-refractivity contribution is 6.37. The molecule has 21 heavy (non-hydrogen) atoms. The van der Waals surface area contributed by atoms with Gasteiger partial charge in [0.25, 0.3) is 0 Å². The molecule has 2 aromatic rings. The molecule has 2 aromatic carbocycles. The van der Waals surface area contributed by atoms with E-state index in [1.54, 1.807) is 0 Å². The molecule has 4 heteroatoms. The highest BCUT2D eigenvalue weighted by atomic mass is 35.5. The standard InChI is InChI=1S/C17H19Cl2NO/c1-4-21-17-14(18)8-13(9-15(17)19)10-20-16-7-5-6-11(2)12(16)3/h5-9,20H,4,10H2,1-3H3. The Bertz CT molecular complexity index is 618. The Morgan fingerprint density at radius 1 is 1.10 bits per heavy atom.